The summed E-state index contributed by atoms with van der Waals surface area (Å²) >= 11 is 0. The van der Waals surface area contributed by atoms with Crippen molar-refractivity contribution in [3.05, 3.63) is 90.0 Å². The summed E-state index contributed by atoms with van der Waals surface area (Å²) in [6, 6.07) is 22.3. The van der Waals surface area contributed by atoms with Gasteiger partial charge in [-0.25, -0.2) is 8.42 Å². The summed E-state index contributed by atoms with van der Waals surface area (Å²) in [7, 11) is -3.73. The smallest absolute Gasteiger partial charge is 0.261 e. The van der Waals surface area contributed by atoms with Crippen molar-refractivity contribution in [2.24, 2.45) is 0 Å². The van der Waals surface area contributed by atoms with E-state index in [0.29, 0.717) is 23.6 Å². The van der Waals surface area contributed by atoms with Gasteiger partial charge in [0.1, 0.15) is 12.4 Å². The standard InChI is InChI=1S/C21H19NO4S/c1-16(23)18-7-13-21(14-8-18)27(24,25)22-19-9-11-20(12-10-19)26-15-17-5-3-2-4-6-17/h2-14,22H,15H2,1H3. The van der Waals surface area contributed by atoms with E-state index in [1.165, 1.54) is 31.2 Å². The van der Waals surface area contributed by atoms with Crippen LogP contribution < -0.4 is 9.46 Å². The van der Waals surface area contributed by atoms with Gasteiger partial charge in [0.15, 0.2) is 5.78 Å². The summed E-state index contributed by atoms with van der Waals surface area (Å²) in [6.07, 6.45) is 0. The molecule has 0 fully saturated rings. The second kappa shape index (κ2) is 8.05. The van der Waals surface area contributed by atoms with Gasteiger partial charge >= 0.3 is 0 Å². The minimum absolute atomic E-state index is 0.0944. The summed E-state index contributed by atoms with van der Waals surface area (Å²) in [5.41, 5.74) is 1.95. The Hall–Kier alpha value is -3.12. The highest BCUT2D eigenvalue weighted by Crippen LogP contribution is 2.20. The van der Waals surface area contributed by atoms with E-state index in [1.807, 2.05) is 30.3 Å². The molecule has 0 aliphatic rings. The lowest BCUT2D eigenvalue weighted by Gasteiger charge is -2.10. The summed E-state index contributed by atoms with van der Waals surface area (Å²) in [5.74, 6) is 0.533. The maximum atomic E-state index is 12.5. The van der Waals surface area contributed by atoms with E-state index in [9.17, 15) is 13.2 Å². The van der Waals surface area contributed by atoms with Gasteiger partial charge in [0.2, 0.25) is 0 Å². The maximum absolute atomic E-state index is 12.5. The zero-order valence-electron chi connectivity index (χ0n) is 14.8. The Balaban J connectivity index is 1.65. The van der Waals surface area contributed by atoms with Crippen LogP contribution in [0.25, 0.3) is 0 Å². The van der Waals surface area contributed by atoms with Crippen LogP contribution in [-0.4, -0.2) is 14.2 Å². The van der Waals surface area contributed by atoms with Crippen molar-refractivity contribution in [1.29, 1.82) is 0 Å². The first-order valence-corrected chi connectivity index (χ1v) is 9.83. The van der Waals surface area contributed by atoms with Gasteiger partial charge in [-0.15, -0.1) is 0 Å². The van der Waals surface area contributed by atoms with Crippen LogP contribution in [0.4, 0.5) is 5.69 Å². The highest BCUT2D eigenvalue weighted by atomic mass is 32.2. The molecule has 0 aliphatic heterocycles. The van der Waals surface area contributed by atoms with E-state index >= 15 is 0 Å². The van der Waals surface area contributed by atoms with Crippen LogP contribution in [0.2, 0.25) is 0 Å². The average Bonchev–Trinajstić information content (AvgIpc) is 2.68. The molecule has 0 heterocycles. The number of anilines is 1. The van der Waals surface area contributed by atoms with Gasteiger partial charge in [0, 0.05) is 11.3 Å². The van der Waals surface area contributed by atoms with Gasteiger partial charge in [0.05, 0.1) is 4.90 Å². The lowest BCUT2D eigenvalue weighted by atomic mass is 10.2. The van der Waals surface area contributed by atoms with Gasteiger partial charge in [-0.05, 0) is 48.9 Å². The largest absolute Gasteiger partial charge is 0.489 e. The maximum Gasteiger partial charge on any atom is 0.261 e. The average molecular weight is 381 g/mol. The zero-order chi connectivity index (χ0) is 19.3. The first kappa shape index (κ1) is 18.7. The van der Waals surface area contributed by atoms with Crippen molar-refractivity contribution in [2.45, 2.75) is 18.4 Å². The number of carbonyl (C=O) groups is 1. The molecule has 0 spiro atoms. The van der Waals surface area contributed by atoms with Gasteiger partial charge in [-0.2, -0.15) is 0 Å². The van der Waals surface area contributed by atoms with Gasteiger partial charge in [0.25, 0.3) is 10.0 Å². The van der Waals surface area contributed by atoms with Gasteiger partial charge < -0.3 is 4.74 Å². The third-order valence-corrected chi connectivity index (χ3v) is 5.32. The topological polar surface area (TPSA) is 72.5 Å². The predicted molar refractivity (Wildman–Crippen MR) is 104 cm³/mol. The third kappa shape index (κ3) is 4.95. The number of ether oxygens (including phenoxy) is 1. The molecule has 0 aromatic heterocycles. The molecule has 0 unspecified atom stereocenters. The Morgan fingerprint density at radius 2 is 1.52 bits per heavy atom. The van der Waals surface area contributed by atoms with E-state index in [4.69, 9.17) is 4.74 Å². The summed E-state index contributed by atoms with van der Waals surface area (Å²) in [6.45, 7) is 1.87. The molecule has 0 bridgehead atoms. The predicted octanol–water partition coefficient (Wildman–Crippen LogP) is 4.27. The molecule has 0 saturated heterocycles. The Bertz CT molecular complexity index is 1010. The fourth-order valence-electron chi connectivity index (χ4n) is 2.44. The summed E-state index contributed by atoms with van der Waals surface area (Å²) in [5, 5.41) is 0. The highest BCUT2D eigenvalue weighted by molar-refractivity contribution is 7.92. The van der Waals surface area contributed by atoms with Crippen molar-refractivity contribution in [3.8, 4) is 5.75 Å². The van der Waals surface area contributed by atoms with E-state index in [0.717, 1.165) is 5.56 Å². The SMILES string of the molecule is CC(=O)c1ccc(S(=O)(=O)Nc2ccc(OCc3ccccc3)cc2)cc1. The fraction of sp³-hybridized carbons (Fsp3) is 0.0952. The van der Waals surface area contributed by atoms with Crippen molar-refractivity contribution in [2.75, 3.05) is 4.72 Å². The van der Waals surface area contributed by atoms with Crippen LogP contribution >= 0.6 is 0 Å². The Kier molecular flexibility index (Phi) is 5.57. The number of ketones is 1. The summed E-state index contributed by atoms with van der Waals surface area (Å²) in [4.78, 5) is 11.4. The molecule has 3 rings (SSSR count). The molecule has 6 heteroatoms. The van der Waals surface area contributed by atoms with Crippen molar-refractivity contribution in [3.63, 3.8) is 0 Å². The van der Waals surface area contributed by atoms with Crippen LogP contribution in [0.3, 0.4) is 0 Å². The number of sulfonamides is 1. The minimum atomic E-state index is -3.73. The van der Waals surface area contributed by atoms with Gasteiger partial charge in [-0.3, -0.25) is 9.52 Å². The third-order valence-electron chi connectivity index (χ3n) is 3.93. The lowest BCUT2D eigenvalue weighted by molar-refractivity contribution is 0.101. The van der Waals surface area contributed by atoms with Crippen LogP contribution in [0.1, 0.15) is 22.8 Å². The number of Topliss-reactive ketones (excluding diaryl/α,β-unsaturated/α-hetero) is 1. The Labute approximate surface area is 158 Å². The first-order valence-electron chi connectivity index (χ1n) is 8.35. The highest BCUT2D eigenvalue weighted by Gasteiger charge is 2.14. The van der Waals surface area contributed by atoms with E-state index in [1.54, 1.807) is 24.3 Å². The number of hydrogen-bond donors (Lipinski definition) is 1. The number of nitrogens with one attached hydrogen (secondary N) is 1. The molecular formula is C21H19NO4S. The minimum Gasteiger partial charge on any atom is -0.489 e. The molecule has 5 nitrogen and oxygen atoms in total. The Morgan fingerprint density at radius 3 is 2.11 bits per heavy atom. The zero-order valence-corrected chi connectivity index (χ0v) is 15.6. The van der Waals surface area contributed by atoms with Crippen LogP contribution in [-0.2, 0) is 16.6 Å². The molecule has 138 valence electrons. The molecule has 0 radical (unpaired) electrons. The molecule has 0 aliphatic carbocycles. The van der Waals surface area contributed by atoms with Crippen LogP contribution in [0.15, 0.2) is 83.8 Å². The molecule has 27 heavy (non-hydrogen) atoms. The number of carbonyl (C=O) groups excluding carboxylic acids is 1. The first-order chi connectivity index (χ1) is 12.9. The number of benzene rings is 3. The van der Waals surface area contributed by atoms with Crippen molar-refractivity contribution in [1.82, 2.24) is 0 Å². The summed E-state index contributed by atoms with van der Waals surface area (Å²) < 4.78 is 33.1. The molecule has 3 aromatic carbocycles. The monoisotopic (exact) mass is 381 g/mol. The second-order valence-electron chi connectivity index (χ2n) is 5.98. The molecule has 0 amide bonds. The van der Waals surface area contributed by atoms with E-state index in [2.05, 4.69) is 4.72 Å². The fourth-order valence-corrected chi connectivity index (χ4v) is 3.50. The number of hydrogen-bond acceptors (Lipinski definition) is 4. The second-order valence-corrected chi connectivity index (χ2v) is 7.67. The van der Waals surface area contributed by atoms with Crippen molar-refractivity contribution < 1.29 is 17.9 Å². The molecule has 1 N–H and O–H groups in total. The molecular weight excluding hydrogens is 362 g/mol. The number of rotatable bonds is 7. The normalized spacial score (nSPS) is 11.0. The van der Waals surface area contributed by atoms with Crippen LogP contribution in [0.5, 0.6) is 5.75 Å². The molecule has 0 atom stereocenters. The van der Waals surface area contributed by atoms with E-state index in [-0.39, 0.29) is 10.7 Å². The van der Waals surface area contributed by atoms with Gasteiger partial charge in [-0.1, -0.05) is 42.5 Å². The molecule has 0 saturated carbocycles. The Morgan fingerprint density at radius 1 is 0.889 bits per heavy atom. The van der Waals surface area contributed by atoms with Crippen LogP contribution in [0, 0.1) is 0 Å². The lowest BCUT2D eigenvalue weighted by Crippen LogP contribution is -2.13. The van der Waals surface area contributed by atoms with Crippen molar-refractivity contribution >= 4 is 21.5 Å². The van der Waals surface area contributed by atoms with E-state index < -0.39 is 10.0 Å². The quantitative estimate of drug-likeness (QED) is 0.621. The molecule has 3 aromatic rings.